The highest BCUT2D eigenvalue weighted by atomic mass is 16.3. The van der Waals surface area contributed by atoms with Crippen molar-refractivity contribution in [2.24, 2.45) is 0 Å². The summed E-state index contributed by atoms with van der Waals surface area (Å²) in [5.74, 6) is 0. The van der Waals surface area contributed by atoms with Crippen molar-refractivity contribution in [1.82, 2.24) is 10.2 Å². The van der Waals surface area contributed by atoms with E-state index in [0.29, 0.717) is 0 Å². The number of nitrogens with one attached hydrogen (secondary N) is 1. The molecule has 1 rings (SSSR count). The summed E-state index contributed by atoms with van der Waals surface area (Å²) in [6.45, 7) is 7.93. The molecule has 20 heavy (non-hydrogen) atoms. The molecular weight excluding hydrogens is 252 g/mol. The number of urea groups is 1. The van der Waals surface area contributed by atoms with Gasteiger partial charge in [-0.05, 0) is 39.7 Å². The summed E-state index contributed by atoms with van der Waals surface area (Å²) in [7, 11) is 1.69. The van der Waals surface area contributed by atoms with Gasteiger partial charge in [0, 0.05) is 13.1 Å². The summed E-state index contributed by atoms with van der Waals surface area (Å²) in [6.07, 6.45) is 0.801. The first-order valence-electron chi connectivity index (χ1n) is 7.04. The van der Waals surface area contributed by atoms with Crippen LogP contribution >= 0.6 is 0 Å². The second kappa shape index (κ2) is 7.29. The molecule has 0 aliphatic rings. The van der Waals surface area contributed by atoms with Crippen molar-refractivity contribution in [3.05, 3.63) is 34.9 Å². The van der Waals surface area contributed by atoms with Crippen LogP contribution in [0.3, 0.4) is 0 Å². The largest absolute Gasteiger partial charge is 0.394 e. The van der Waals surface area contributed by atoms with Crippen LogP contribution in [-0.4, -0.2) is 41.8 Å². The van der Waals surface area contributed by atoms with Crippen molar-refractivity contribution in [2.45, 2.75) is 46.2 Å². The average Bonchev–Trinajstić information content (AvgIpc) is 2.35. The van der Waals surface area contributed by atoms with Crippen LogP contribution in [0.1, 0.15) is 30.5 Å². The quantitative estimate of drug-likeness (QED) is 0.868. The van der Waals surface area contributed by atoms with Gasteiger partial charge in [-0.1, -0.05) is 29.3 Å². The fourth-order valence-corrected chi connectivity index (χ4v) is 2.23. The third kappa shape index (κ3) is 4.85. The van der Waals surface area contributed by atoms with Crippen LogP contribution in [0.4, 0.5) is 4.79 Å². The molecule has 2 amide bonds. The lowest BCUT2D eigenvalue weighted by molar-refractivity contribution is 0.155. The molecule has 112 valence electrons. The standard InChI is InChI=1S/C16H26N2O2/c1-11-6-12(2)8-15(7-11)9-13(3)17-16(20)18(5)14(4)10-19/h6-8,13-14,19H,9-10H2,1-5H3,(H,17,20). The molecule has 0 aromatic heterocycles. The minimum Gasteiger partial charge on any atom is -0.394 e. The van der Waals surface area contributed by atoms with Crippen molar-refractivity contribution in [2.75, 3.05) is 13.7 Å². The van der Waals surface area contributed by atoms with Gasteiger partial charge in [0.2, 0.25) is 0 Å². The van der Waals surface area contributed by atoms with Crippen molar-refractivity contribution in [3.63, 3.8) is 0 Å². The van der Waals surface area contributed by atoms with E-state index in [1.165, 1.54) is 21.6 Å². The molecule has 4 nitrogen and oxygen atoms in total. The fraction of sp³-hybridized carbons (Fsp3) is 0.562. The summed E-state index contributed by atoms with van der Waals surface area (Å²) in [5, 5.41) is 12.0. The number of nitrogens with zero attached hydrogens (tertiary/aromatic N) is 1. The Balaban J connectivity index is 2.59. The minimum atomic E-state index is -0.177. The molecule has 0 saturated heterocycles. The van der Waals surface area contributed by atoms with Gasteiger partial charge in [-0.25, -0.2) is 4.79 Å². The van der Waals surface area contributed by atoms with Crippen LogP contribution in [0.2, 0.25) is 0 Å². The Labute approximate surface area is 121 Å². The van der Waals surface area contributed by atoms with Crippen molar-refractivity contribution < 1.29 is 9.90 Å². The van der Waals surface area contributed by atoms with E-state index in [4.69, 9.17) is 5.11 Å². The average molecular weight is 278 g/mol. The third-order valence-electron chi connectivity index (χ3n) is 3.44. The molecule has 0 radical (unpaired) electrons. The number of benzene rings is 1. The summed E-state index contributed by atoms with van der Waals surface area (Å²) in [4.78, 5) is 13.5. The Morgan fingerprint density at radius 2 is 1.80 bits per heavy atom. The molecule has 0 aliphatic carbocycles. The molecule has 2 N–H and O–H groups in total. The lowest BCUT2D eigenvalue weighted by Gasteiger charge is -2.25. The van der Waals surface area contributed by atoms with Crippen LogP contribution in [0.15, 0.2) is 18.2 Å². The van der Waals surface area contributed by atoms with Gasteiger partial charge in [-0.2, -0.15) is 0 Å². The zero-order valence-corrected chi connectivity index (χ0v) is 13.1. The summed E-state index contributed by atoms with van der Waals surface area (Å²) in [6, 6.07) is 6.17. The highest BCUT2D eigenvalue weighted by molar-refractivity contribution is 5.74. The number of hydrogen-bond donors (Lipinski definition) is 2. The topological polar surface area (TPSA) is 52.6 Å². The second-order valence-electron chi connectivity index (χ2n) is 5.69. The van der Waals surface area contributed by atoms with Gasteiger partial charge in [0.05, 0.1) is 12.6 Å². The molecular formula is C16H26N2O2. The molecule has 0 bridgehead atoms. The number of amides is 2. The number of likely N-dealkylation sites (N-methyl/N-ethyl adjacent to an activating group) is 1. The van der Waals surface area contributed by atoms with E-state index >= 15 is 0 Å². The van der Waals surface area contributed by atoms with Crippen molar-refractivity contribution in [1.29, 1.82) is 0 Å². The number of aliphatic hydroxyl groups is 1. The number of aryl methyl sites for hydroxylation is 2. The van der Waals surface area contributed by atoms with E-state index in [2.05, 4.69) is 37.4 Å². The summed E-state index contributed by atoms with van der Waals surface area (Å²) in [5.41, 5.74) is 3.71. The molecule has 0 spiro atoms. The molecule has 0 fully saturated rings. The maximum atomic E-state index is 12.0. The fourth-order valence-electron chi connectivity index (χ4n) is 2.23. The Hall–Kier alpha value is -1.55. The second-order valence-corrected chi connectivity index (χ2v) is 5.69. The van der Waals surface area contributed by atoms with E-state index in [1.807, 2.05) is 13.8 Å². The first-order chi connectivity index (χ1) is 9.33. The Morgan fingerprint density at radius 1 is 1.25 bits per heavy atom. The Kier molecular flexibility index (Phi) is 6.02. The first-order valence-corrected chi connectivity index (χ1v) is 7.04. The van der Waals surface area contributed by atoms with Gasteiger partial charge in [0.25, 0.3) is 0 Å². The molecule has 0 saturated carbocycles. The van der Waals surface area contributed by atoms with Gasteiger partial charge >= 0.3 is 6.03 Å². The highest BCUT2D eigenvalue weighted by Gasteiger charge is 2.16. The normalized spacial score (nSPS) is 13.7. The van der Waals surface area contributed by atoms with Crippen LogP contribution in [-0.2, 0) is 6.42 Å². The van der Waals surface area contributed by atoms with Crippen LogP contribution < -0.4 is 5.32 Å². The van der Waals surface area contributed by atoms with E-state index in [9.17, 15) is 4.79 Å². The number of aliphatic hydroxyl groups excluding tert-OH is 1. The summed E-state index contributed by atoms with van der Waals surface area (Å²) < 4.78 is 0. The number of carbonyl (C=O) groups is 1. The minimum absolute atomic E-state index is 0.0324. The predicted octanol–water partition coefficient (Wildman–Crippen LogP) is 2.26. The van der Waals surface area contributed by atoms with Crippen LogP contribution in [0.25, 0.3) is 0 Å². The summed E-state index contributed by atoms with van der Waals surface area (Å²) >= 11 is 0. The molecule has 1 aromatic carbocycles. The monoisotopic (exact) mass is 278 g/mol. The van der Waals surface area contributed by atoms with Crippen LogP contribution in [0, 0.1) is 13.8 Å². The van der Waals surface area contributed by atoms with Gasteiger partial charge in [0.15, 0.2) is 0 Å². The predicted molar refractivity (Wildman–Crippen MR) is 81.9 cm³/mol. The molecule has 1 aromatic rings. The Bertz CT molecular complexity index is 440. The Morgan fingerprint density at radius 3 is 2.30 bits per heavy atom. The van der Waals surface area contributed by atoms with Gasteiger partial charge in [-0.15, -0.1) is 0 Å². The first kappa shape index (κ1) is 16.5. The number of carbonyl (C=O) groups excluding carboxylic acids is 1. The lowest BCUT2D eigenvalue weighted by Crippen LogP contribution is -2.47. The highest BCUT2D eigenvalue weighted by Crippen LogP contribution is 2.11. The maximum absolute atomic E-state index is 12.0. The van der Waals surface area contributed by atoms with Crippen molar-refractivity contribution in [3.8, 4) is 0 Å². The smallest absolute Gasteiger partial charge is 0.317 e. The number of hydrogen-bond acceptors (Lipinski definition) is 2. The van der Waals surface area contributed by atoms with E-state index in [-0.39, 0.29) is 24.7 Å². The maximum Gasteiger partial charge on any atom is 0.317 e. The van der Waals surface area contributed by atoms with E-state index in [0.717, 1.165) is 6.42 Å². The molecule has 0 aliphatic heterocycles. The van der Waals surface area contributed by atoms with E-state index < -0.39 is 0 Å². The molecule has 4 heteroatoms. The zero-order chi connectivity index (χ0) is 15.3. The molecule has 2 atom stereocenters. The van der Waals surface area contributed by atoms with Gasteiger partial charge in [-0.3, -0.25) is 0 Å². The molecule has 2 unspecified atom stereocenters. The van der Waals surface area contributed by atoms with Crippen molar-refractivity contribution >= 4 is 6.03 Å². The zero-order valence-electron chi connectivity index (χ0n) is 13.1. The third-order valence-corrected chi connectivity index (χ3v) is 3.44. The van der Waals surface area contributed by atoms with Gasteiger partial charge in [0.1, 0.15) is 0 Å². The molecule has 0 heterocycles. The van der Waals surface area contributed by atoms with Gasteiger partial charge < -0.3 is 15.3 Å². The van der Waals surface area contributed by atoms with Crippen LogP contribution in [0.5, 0.6) is 0 Å². The number of rotatable bonds is 5. The lowest BCUT2D eigenvalue weighted by atomic mass is 10.0. The SMILES string of the molecule is Cc1cc(C)cc(CC(C)NC(=O)N(C)C(C)CO)c1. The van der Waals surface area contributed by atoms with E-state index in [1.54, 1.807) is 7.05 Å².